The molecule has 0 radical (unpaired) electrons. The Morgan fingerprint density at radius 1 is 1.04 bits per heavy atom. The molecule has 1 amide bonds. The van der Waals surface area contributed by atoms with Gasteiger partial charge in [0.15, 0.2) is 0 Å². The Balaban J connectivity index is 1.97. The number of benzene rings is 2. The van der Waals surface area contributed by atoms with Crippen LogP contribution in [0.25, 0.3) is 5.57 Å². The number of rotatable bonds is 1. The standard InChI is InChI=1S/C19H17ClN2O/c1-21-12-6-11-15(21)18-17-14(20)9-5-10-16(17)22(19(18)23)13-7-3-2-4-8-13/h2-5,7-10H,6,11-12H2,1H3/b18-15-. The monoisotopic (exact) mass is 324 g/mol. The molecule has 2 aromatic carbocycles. The van der Waals surface area contributed by atoms with Crippen LogP contribution >= 0.6 is 11.6 Å². The van der Waals surface area contributed by atoms with Gasteiger partial charge in [-0.05, 0) is 37.1 Å². The summed E-state index contributed by atoms with van der Waals surface area (Å²) in [5, 5.41) is 0.636. The van der Waals surface area contributed by atoms with Gasteiger partial charge in [-0.3, -0.25) is 9.69 Å². The molecular formula is C19H17ClN2O. The second-order valence-electron chi connectivity index (χ2n) is 5.96. The molecule has 23 heavy (non-hydrogen) atoms. The van der Waals surface area contributed by atoms with Gasteiger partial charge < -0.3 is 4.90 Å². The summed E-state index contributed by atoms with van der Waals surface area (Å²) in [6, 6.07) is 15.5. The second-order valence-corrected chi connectivity index (χ2v) is 6.36. The van der Waals surface area contributed by atoms with Crippen molar-refractivity contribution >= 4 is 34.5 Å². The van der Waals surface area contributed by atoms with E-state index in [9.17, 15) is 4.79 Å². The van der Waals surface area contributed by atoms with E-state index >= 15 is 0 Å². The molecular weight excluding hydrogens is 308 g/mol. The molecule has 0 unspecified atom stereocenters. The Kier molecular flexibility index (Phi) is 3.38. The number of nitrogens with zero attached hydrogens (tertiary/aromatic N) is 2. The number of likely N-dealkylation sites (tertiary alicyclic amines) is 1. The normalized spacial score (nSPS) is 20.3. The smallest absolute Gasteiger partial charge is 0.265 e. The van der Waals surface area contributed by atoms with Crippen molar-refractivity contribution < 1.29 is 4.79 Å². The quantitative estimate of drug-likeness (QED) is 0.723. The number of halogens is 1. The molecule has 2 aromatic rings. The molecule has 0 atom stereocenters. The first-order valence-corrected chi connectivity index (χ1v) is 8.19. The highest BCUT2D eigenvalue weighted by Crippen LogP contribution is 2.47. The number of hydrogen-bond acceptors (Lipinski definition) is 2. The predicted octanol–water partition coefficient (Wildman–Crippen LogP) is 4.46. The van der Waals surface area contributed by atoms with E-state index in [4.69, 9.17) is 11.6 Å². The van der Waals surface area contributed by atoms with Gasteiger partial charge in [0.1, 0.15) is 0 Å². The molecule has 4 rings (SSSR count). The van der Waals surface area contributed by atoms with Crippen LogP contribution in [0.15, 0.2) is 54.2 Å². The third-order valence-corrected chi connectivity index (χ3v) is 4.89. The van der Waals surface area contributed by atoms with E-state index in [0.29, 0.717) is 5.02 Å². The molecule has 0 aromatic heterocycles. The van der Waals surface area contributed by atoms with Gasteiger partial charge >= 0.3 is 0 Å². The van der Waals surface area contributed by atoms with E-state index in [1.54, 1.807) is 4.90 Å². The molecule has 0 saturated carbocycles. The first kappa shape index (κ1) is 14.3. The van der Waals surface area contributed by atoms with Crippen LogP contribution in [-0.4, -0.2) is 24.4 Å². The maximum absolute atomic E-state index is 13.2. The summed E-state index contributed by atoms with van der Waals surface area (Å²) in [4.78, 5) is 17.2. The number of carbonyl (C=O) groups is 1. The van der Waals surface area contributed by atoms with Crippen LogP contribution in [0.5, 0.6) is 0 Å². The minimum absolute atomic E-state index is 0.0167. The molecule has 116 valence electrons. The van der Waals surface area contributed by atoms with E-state index < -0.39 is 0 Å². The van der Waals surface area contributed by atoms with Crippen LogP contribution in [0.3, 0.4) is 0 Å². The summed E-state index contributed by atoms with van der Waals surface area (Å²) < 4.78 is 0. The van der Waals surface area contributed by atoms with Crippen molar-refractivity contribution in [3.63, 3.8) is 0 Å². The average Bonchev–Trinajstić information content (AvgIpc) is 3.09. The molecule has 0 spiro atoms. The number of amides is 1. The summed E-state index contributed by atoms with van der Waals surface area (Å²) in [6.45, 7) is 0.983. The van der Waals surface area contributed by atoms with Gasteiger partial charge in [-0.15, -0.1) is 0 Å². The van der Waals surface area contributed by atoms with E-state index in [1.165, 1.54) is 0 Å². The van der Waals surface area contributed by atoms with Crippen molar-refractivity contribution in [1.29, 1.82) is 0 Å². The molecule has 2 aliphatic heterocycles. The van der Waals surface area contributed by atoms with Gasteiger partial charge in [-0.1, -0.05) is 35.9 Å². The lowest BCUT2D eigenvalue weighted by molar-refractivity contribution is -0.112. The van der Waals surface area contributed by atoms with Gasteiger partial charge in [0.05, 0.1) is 16.3 Å². The Bertz CT molecular complexity index is 813. The highest BCUT2D eigenvalue weighted by atomic mass is 35.5. The second kappa shape index (κ2) is 5.43. The van der Waals surface area contributed by atoms with Crippen LogP contribution in [0, 0.1) is 0 Å². The summed E-state index contributed by atoms with van der Waals surface area (Å²) in [7, 11) is 2.05. The maximum atomic E-state index is 13.2. The highest BCUT2D eigenvalue weighted by molar-refractivity contribution is 6.41. The minimum atomic E-state index is 0.0167. The fraction of sp³-hybridized carbons (Fsp3) is 0.211. The summed E-state index contributed by atoms with van der Waals surface area (Å²) in [5.74, 6) is 0.0167. The SMILES string of the molecule is CN1CCC/C1=C1/C(=O)N(c2ccccc2)c2cccc(Cl)c21. The average molecular weight is 325 g/mol. The predicted molar refractivity (Wildman–Crippen MR) is 93.8 cm³/mol. The molecule has 3 nitrogen and oxygen atoms in total. The van der Waals surface area contributed by atoms with Crippen molar-refractivity contribution in [3.8, 4) is 0 Å². The first-order chi connectivity index (χ1) is 11.2. The lowest BCUT2D eigenvalue weighted by Gasteiger charge is -2.18. The molecule has 1 saturated heterocycles. The van der Waals surface area contributed by atoms with Gasteiger partial charge in [0.2, 0.25) is 0 Å². The fourth-order valence-corrected chi connectivity index (χ4v) is 3.77. The molecule has 0 aliphatic carbocycles. The zero-order chi connectivity index (χ0) is 16.0. The lowest BCUT2D eigenvalue weighted by atomic mass is 10.0. The molecule has 1 fully saturated rings. The topological polar surface area (TPSA) is 23.6 Å². The van der Waals surface area contributed by atoms with E-state index in [-0.39, 0.29) is 5.91 Å². The highest BCUT2D eigenvalue weighted by Gasteiger charge is 2.38. The van der Waals surface area contributed by atoms with Crippen LogP contribution in [0.1, 0.15) is 18.4 Å². The Hall–Kier alpha value is -2.26. The van der Waals surface area contributed by atoms with Crippen molar-refractivity contribution in [2.45, 2.75) is 12.8 Å². The van der Waals surface area contributed by atoms with E-state index in [2.05, 4.69) is 4.90 Å². The zero-order valence-electron chi connectivity index (χ0n) is 12.9. The zero-order valence-corrected chi connectivity index (χ0v) is 13.7. The summed E-state index contributed by atoms with van der Waals surface area (Å²) in [5.41, 5.74) is 4.47. The van der Waals surface area contributed by atoms with Crippen LogP contribution in [0.2, 0.25) is 5.02 Å². The number of fused-ring (bicyclic) bond motifs is 1. The number of hydrogen-bond donors (Lipinski definition) is 0. The molecule has 2 aliphatic rings. The summed E-state index contributed by atoms with van der Waals surface area (Å²) >= 11 is 6.48. The van der Waals surface area contributed by atoms with Crippen molar-refractivity contribution in [1.82, 2.24) is 4.90 Å². The maximum Gasteiger partial charge on any atom is 0.265 e. The fourth-order valence-electron chi connectivity index (χ4n) is 3.50. The Morgan fingerprint density at radius 2 is 1.83 bits per heavy atom. The Morgan fingerprint density at radius 3 is 2.52 bits per heavy atom. The van der Waals surface area contributed by atoms with E-state index in [0.717, 1.165) is 47.6 Å². The van der Waals surface area contributed by atoms with Gasteiger partial charge in [0.25, 0.3) is 5.91 Å². The third kappa shape index (κ3) is 2.15. The first-order valence-electron chi connectivity index (χ1n) is 7.81. The Labute approximate surface area is 140 Å². The van der Waals surface area contributed by atoms with Crippen molar-refractivity contribution in [2.75, 3.05) is 18.5 Å². The largest absolute Gasteiger partial charge is 0.377 e. The number of para-hydroxylation sites is 1. The molecule has 4 heteroatoms. The van der Waals surface area contributed by atoms with Crippen LogP contribution in [-0.2, 0) is 4.79 Å². The molecule has 0 N–H and O–H groups in total. The lowest BCUT2D eigenvalue weighted by Crippen LogP contribution is -2.22. The van der Waals surface area contributed by atoms with Gasteiger partial charge in [-0.2, -0.15) is 0 Å². The number of allylic oxidation sites excluding steroid dienone is 1. The molecule has 2 heterocycles. The van der Waals surface area contributed by atoms with Crippen LogP contribution < -0.4 is 4.90 Å². The van der Waals surface area contributed by atoms with Crippen molar-refractivity contribution in [2.24, 2.45) is 0 Å². The summed E-state index contributed by atoms with van der Waals surface area (Å²) in [6.07, 6.45) is 2.00. The van der Waals surface area contributed by atoms with Gasteiger partial charge in [0, 0.05) is 30.5 Å². The van der Waals surface area contributed by atoms with Gasteiger partial charge in [-0.25, -0.2) is 0 Å². The van der Waals surface area contributed by atoms with Crippen molar-refractivity contribution in [3.05, 3.63) is 64.8 Å². The van der Waals surface area contributed by atoms with E-state index in [1.807, 2.05) is 55.6 Å². The third-order valence-electron chi connectivity index (χ3n) is 4.57. The number of carbonyl (C=O) groups excluding carboxylic acids is 1. The number of anilines is 2. The van der Waals surface area contributed by atoms with Crippen LogP contribution in [0.4, 0.5) is 11.4 Å². The minimum Gasteiger partial charge on any atom is -0.377 e. The molecule has 0 bridgehead atoms.